The van der Waals surface area contributed by atoms with Gasteiger partial charge in [0, 0.05) is 25.7 Å². The normalized spacial score (nSPS) is 14.6. The van der Waals surface area contributed by atoms with Gasteiger partial charge in [0.2, 0.25) is 0 Å². The molecule has 0 bridgehead atoms. The lowest BCUT2D eigenvalue weighted by atomic mass is 10.2. The number of urea groups is 1. The van der Waals surface area contributed by atoms with Gasteiger partial charge in [0.25, 0.3) is 5.91 Å². The van der Waals surface area contributed by atoms with Crippen LogP contribution in [-0.2, 0) is 0 Å². The van der Waals surface area contributed by atoms with Crippen LogP contribution in [0.25, 0.3) is 0 Å². The minimum Gasteiger partial charge on any atom is -0.492 e. The molecule has 2 rings (SSSR count). The Bertz CT molecular complexity index is 506. The number of carbonyl (C=O) groups excluding carboxylic acids is 2. The number of carbonyl (C=O) groups is 2. The van der Waals surface area contributed by atoms with Crippen LogP contribution in [0.1, 0.15) is 10.4 Å². The highest BCUT2D eigenvalue weighted by atomic mass is 16.5. The molecule has 1 aromatic rings. The summed E-state index contributed by atoms with van der Waals surface area (Å²) in [4.78, 5) is 26.4. The van der Waals surface area contributed by atoms with Crippen LogP contribution in [0, 0.1) is 0 Å². The molecule has 0 atom stereocenters. The van der Waals surface area contributed by atoms with E-state index in [9.17, 15) is 9.59 Å². The third-order valence-corrected chi connectivity index (χ3v) is 3.16. The van der Waals surface area contributed by atoms with Crippen molar-refractivity contribution in [2.45, 2.75) is 0 Å². The standard InChI is InChI=1S/C13H18N4O3/c1-16-5-6-17(13(16)19)7-8-20-11-4-2-3-10(9-11)12(18)15-14/h2-4,9H,5-8,14H2,1H3,(H,15,18). The van der Waals surface area contributed by atoms with Crippen LogP contribution in [0.2, 0.25) is 0 Å². The summed E-state index contributed by atoms with van der Waals surface area (Å²) in [6.45, 7) is 2.36. The first-order valence-corrected chi connectivity index (χ1v) is 6.35. The fraction of sp³-hybridized carbons (Fsp3) is 0.385. The minimum atomic E-state index is -0.369. The quantitative estimate of drug-likeness (QED) is 0.452. The average Bonchev–Trinajstić information content (AvgIpc) is 2.79. The van der Waals surface area contributed by atoms with Gasteiger partial charge >= 0.3 is 6.03 Å². The van der Waals surface area contributed by atoms with E-state index in [1.807, 2.05) is 0 Å². The van der Waals surface area contributed by atoms with E-state index in [0.717, 1.165) is 6.54 Å². The van der Waals surface area contributed by atoms with Crippen LogP contribution in [0.5, 0.6) is 5.75 Å². The molecule has 0 radical (unpaired) electrons. The van der Waals surface area contributed by atoms with Crippen molar-refractivity contribution in [3.8, 4) is 5.75 Å². The summed E-state index contributed by atoms with van der Waals surface area (Å²) in [6, 6.07) is 6.75. The van der Waals surface area contributed by atoms with E-state index in [1.54, 1.807) is 41.1 Å². The molecule has 7 heteroatoms. The largest absolute Gasteiger partial charge is 0.492 e. The Morgan fingerprint density at radius 2 is 2.25 bits per heavy atom. The highest BCUT2D eigenvalue weighted by Crippen LogP contribution is 2.13. The molecule has 0 aromatic heterocycles. The summed E-state index contributed by atoms with van der Waals surface area (Å²) in [5.41, 5.74) is 2.50. The molecule has 3 N–H and O–H groups in total. The van der Waals surface area contributed by atoms with Crippen molar-refractivity contribution in [3.05, 3.63) is 29.8 Å². The number of likely N-dealkylation sites (N-methyl/N-ethyl adjacent to an activating group) is 1. The first-order valence-electron chi connectivity index (χ1n) is 6.35. The third-order valence-electron chi connectivity index (χ3n) is 3.16. The first kappa shape index (κ1) is 14.1. The van der Waals surface area contributed by atoms with E-state index >= 15 is 0 Å². The molecule has 1 aliphatic heterocycles. The second-order valence-electron chi connectivity index (χ2n) is 4.54. The summed E-state index contributed by atoms with van der Waals surface area (Å²) in [7, 11) is 1.78. The van der Waals surface area contributed by atoms with Gasteiger partial charge in [-0.25, -0.2) is 10.6 Å². The molecular weight excluding hydrogens is 260 g/mol. The maximum atomic E-state index is 11.7. The number of hydrogen-bond donors (Lipinski definition) is 2. The SMILES string of the molecule is CN1CCN(CCOc2cccc(C(=O)NN)c2)C1=O. The second-order valence-corrected chi connectivity index (χ2v) is 4.54. The van der Waals surface area contributed by atoms with E-state index in [1.165, 1.54) is 0 Å². The van der Waals surface area contributed by atoms with Crippen molar-refractivity contribution in [1.82, 2.24) is 15.2 Å². The molecule has 0 spiro atoms. The highest BCUT2D eigenvalue weighted by Gasteiger charge is 2.24. The molecule has 7 nitrogen and oxygen atoms in total. The van der Waals surface area contributed by atoms with Crippen molar-refractivity contribution < 1.29 is 14.3 Å². The number of nitrogens with one attached hydrogen (secondary N) is 1. The molecule has 108 valence electrons. The third kappa shape index (κ3) is 3.18. The molecule has 1 aliphatic rings. The molecule has 20 heavy (non-hydrogen) atoms. The van der Waals surface area contributed by atoms with Gasteiger partial charge in [-0.15, -0.1) is 0 Å². The molecule has 1 saturated heterocycles. The number of hydrogen-bond acceptors (Lipinski definition) is 4. The van der Waals surface area contributed by atoms with Gasteiger partial charge in [-0.3, -0.25) is 10.2 Å². The number of hydrazine groups is 1. The lowest BCUT2D eigenvalue weighted by Crippen LogP contribution is -2.32. The van der Waals surface area contributed by atoms with Crippen molar-refractivity contribution in [1.29, 1.82) is 0 Å². The van der Waals surface area contributed by atoms with E-state index in [2.05, 4.69) is 5.43 Å². The van der Waals surface area contributed by atoms with Crippen LogP contribution in [0.3, 0.4) is 0 Å². The number of ether oxygens (including phenoxy) is 1. The summed E-state index contributed by atoms with van der Waals surface area (Å²) < 4.78 is 5.55. The Morgan fingerprint density at radius 1 is 1.45 bits per heavy atom. The molecule has 0 aliphatic carbocycles. The Hall–Kier alpha value is -2.28. The second kappa shape index (κ2) is 6.25. The molecule has 3 amide bonds. The van der Waals surface area contributed by atoms with Gasteiger partial charge < -0.3 is 14.5 Å². The minimum absolute atomic E-state index is 0.0184. The Morgan fingerprint density at radius 3 is 2.90 bits per heavy atom. The summed E-state index contributed by atoms with van der Waals surface area (Å²) >= 11 is 0. The molecule has 0 unspecified atom stereocenters. The van der Waals surface area contributed by atoms with Gasteiger partial charge in [-0.1, -0.05) is 6.07 Å². The predicted molar refractivity (Wildman–Crippen MR) is 73.2 cm³/mol. The molecule has 0 saturated carbocycles. The zero-order valence-corrected chi connectivity index (χ0v) is 11.3. The number of amides is 3. The topological polar surface area (TPSA) is 87.9 Å². The Kier molecular flexibility index (Phi) is 4.41. The highest BCUT2D eigenvalue weighted by molar-refractivity contribution is 5.94. The Balaban J connectivity index is 1.85. The van der Waals surface area contributed by atoms with Crippen LogP contribution >= 0.6 is 0 Å². The number of nitrogens with two attached hydrogens (primary N) is 1. The van der Waals surface area contributed by atoms with Gasteiger partial charge in [0.05, 0.1) is 6.54 Å². The Labute approximate surface area is 117 Å². The monoisotopic (exact) mass is 278 g/mol. The van der Waals surface area contributed by atoms with E-state index in [0.29, 0.717) is 31.0 Å². The average molecular weight is 278 g/mol. The zero-order valence-electron chi connectivity index (χ0n) is 11.3. The summed E-state index contributed by atoms with van der Waals surface area (Å²) in [5.74, 6) is 5.28. The molecular formula is C13H18N4O3. The molecule has 1 aromatic carbocycles. The van der Waals surface area contributed by atoms with Crippen LogP contribution in [-0.4, -0.2) is 55.0 Å². The molecule has 1 fully saturated rings. The van der Waals surface area contributed by atoms with Crippen LogP contribution in [0.15, 0.2) is 24.3 Å². The number of nitrogens with zero attached hydrogens (tertiary/aromatic N) is 2. The van der Waals surface area contributed by atoms with Gasteiger partial charge in [0.1, 0.15) is 12.4 Å². The molecule has 1 heterocycles. The zero-order chi connectivity index (χ0) is 14.5. The van der Waals surface area contributed by atoms with Crippen molar-refractivity contribution >= 4 is 11.9 Å². The summed E-state index contributed by atoms with van der Waals surface area (Å²) in [6.07, 6.45) is 0. The van der Waals surface area contributed by atoms with Crippen molar-refractivity contribution in [2.24, 2.45) is 5.84 Å². The van der Waals surface area contributed by atoms with Crippen molar-refractivity contribution in [3.63, 3.8) is 0 Å². The smallest absolute Gasteiger partial charge is 0.319 e. The van der Waals surface area contributed by atoms with E-state index in [4.69, 9.17) is 10.6 Å². The lowest BCUT2D eigenvalue weighted by Gasteiger charge is -2.16. The maximum Gasteiger partial charge on any atom is 0.319 e. The first-order chi connectivity index (χ1) is 9.61. The predicted octanol–water partition coefficient (Wildman–Crippen LogP) is 0.0363. The van der Waals surface area contributed by atoms with Crippen LogP contribution in [0.4, 0.5) is 4.79 Å². The van der Waals surface area contributed by atoms with Gasteiger partial charge in [-0.2, -0.15) is 0 Å². The van der Waals surface area contributed by atoms with E-state index < -0.39 is 0 Å². The maximum absolute atomic E-state index is 11.7. The van der Waals surface area contributed by atoms with Crippen LogP contribution < -0.4 is 16.0 Å². The number of benzene rings is 1. The summed E-state index contributed by atoms with van der Waals surface area (Å²) in [5, 5.41) is 0. The van der Waals surface area contributed by atoms with E-state index in [-0.39, 0.29) is 11.9 Å². The van der Waals surface area contributed by atoms with Gasteiger partial charge in [-0.05, 0) is 18.2 Å². The van der Waals surface area contributed by atoms with Crippen molar-refractivity contribution in [2.75, 3.05) is 33.3 Å². The van der Waals surface area contributed by atoms with Gasteiger partial charge in [0.15, 0.2) is 0 Å². The fourth-order valence-electron chi connectivity index (χ4n) is 2.00. The number of rotatable bonds is 5. The lowest BCUT2D eigenvalue weighted by molar-refractivity contribution is 0.0953. The fourth-order valence-corrected chi connectivity index (χ4v) is 2.00. The number of nitrogen functional groups attached to an aromatic ring is 1.